The van der Waals surface area contributed by atoms with Crippen LogP contribution in [0.2, 0.25) is 5.02 Å². The van der Waals surface area contributed by atoms with E-state index in [9.17, 15) is 9.59 Å². The molecule has 0 aliphatic carbocycles. The van der Waals surface area contributed by atoms with Crippen LogP contribution in [0.25, 0.3) is 11.0 Å². The molecule has 0 spiro atoms. The fourth-order valence-corrected chi connectivity index (χ4v) is 3.28. The summed E-state index contributed by atoms with van der Waals surface area (Å²) in [6.45, 7) is 1.86. The number of aryl methyl sites for hydroxylation is 1. The number of rotatable bonds is 5. The molecular formula is C24H19ClN2O3. The van der Waals surface area contributed by atoms with Crippen molar-refractivity contribution in [3.63, 3.8) is 0 Å². The number of anilines is 2. The molecule has 0 atom stereocenters. The maximum atomic E-state index is 12.5. The van der Waals surface area contributed by atoms with E-state index in [1.54, 1.807) is 30.3 Å². The van der Waals surface area contributed by atoms with Gasteiger partial charge < -0.3 is 15.1 Å². The second-order valence-electron chi connectivity index (χ2n) is 6.98. The summed E-state index contributed by atoms with van der Waals surface area (Å²) in [5.74, 6) is -0.208. The number of fused-ring (bicyclic) bond motifs is 1. The average molecular weight is 419 g/mol. The van der Waals surface area contributed by atoms with Crippen LogP contribution in [-0.4, -0.2) is 11.8 Å². The fourth-order valence-electron chi connectivity index (χ4n) is 3.15. The molecule has 6 heteroatoms. The Hall–Kier alpha value is -3.57. The van der Waals surface area contributed by atoms with Crippen LogP contribution in [0, 0.1) is 6.92 Å². The first-order valence-electron chi connectivity index (χ1n) is 9.43. The molecule has 0 bridgehead atoms. The molecule has 0 aliphatic heterocycles. The van der Waals surface area contributed by atoms with Crippen LogP contribution in [-0.2, 0) is 11.2 Å². The van der Waals surface area contributed by atoms with E-state index in [1.807, 2.05) is 49.4 Å². The Labute approximate surface area is 178 Å². The van der Waals surface area contributed by atoms with E-state index in [0.717, 1.165) is 16.5 Å². The van der Waals surface area contributed by atoms with Gasteiger partial charge in [0.05, 0.1) is 6.42 Å². The molecule has 1 heterocycles. The van der Waals surface area contributed by atoms with Crippen molar-refractivity contribution in [2.45, 2.75) is 13.3 Å². The second-order valence-corrected chi connectivity index (χ2v) is 7.42. The lowest BCUT2D eigenvalue weighted by Crippen LogP contribution is -2.15. The summed E-state index contributed by atoms with van der Waals surface area (Å²) in [6, 6.07) is 21.7. The van der Waals surface area contributed by atoms with Crippen molar-refractivity contribution in [2.75, 3.05) is 10.6 Å². The lowest BCUT2D eigenvalue weighted by Gasteiger charge is -2.11. The van der Waals surface area contributed by atoms with Crippen molar-refractivity contribution in [1.82, 2.24) is 0 Å². The molecular weight excluding hydrogens is 400 g/mol. The first kappa shape index (κ1) is 19.7. The molecule has 0 fully saturated rings. The lowest BCUT2D eigenvalue weighted by atomic mass is 10.1. The Morgan fingerprint density at radius 2 is 1.70 bits per heavy atom. The number of carbonyl (C=O) groups is 2. The van der Waals surface area contributed by atoms with E-state index < -0.39 is 0 Å². The summed E-state index contributed by atoms with van der Waals surface area (Å²) in [5.41, 5.74) is 3.68. The van der Waals surface area contributed by atoms with Crippen molar-refractivity contribution >= 4 is 45.8 Å². The summed E-state index contributed by atoms with van der Waals surface area (Å²) in [5, 5.41) is 7.24. The number of para-hydroxylation sites is 1. The number of amides is 2. The smallest absolute Gasteiger partial charge is 0.291 e. The number of hydrogen-bond donors (Lipinski definition) is 2. The van der Waals surface area contributed by atoms with Crippen molar-refractivity contribution in [3.8, 4) is 0 Å². The van der Waals surface area contributed by atoms with Gasteiger partial charge in [-0.1, -0.05) is 41.9 Å². The average Bonchev–Trinajstić information content (AvgIpc) is 3.16. The van der Waals surface area contributed by atoms with Gasteiger partial charge in [0.1, 0.15) is 5.58 Å². The standard InChI is InChI=1S/C24H19ClN2O3/c1-15-12-19(26-23(28)13-16-6-8-18(25)9-7-16)10-11-20(15)27-24(29)22-14-17-4-2-3-5-21(17)30-22/h2-12,14H,13H2,1H3,(H,26,28)(H,27,29). The lowest BCUT2D eigenvalue weighted by molar-refractivity contribution is -0.115. The van der Waals surface area contributed by atoms with Crippen LogP contribution in [0.15, 0.2) is 77.2 Å². The van der Waals surface area contributed by atoms with Crippen LogP contribution >= 0.6 is 11.6 Å². The highest BCUT2D eigenvalue weighted by molar-refractivity contribution is 6.30. The van der Waals surface area contributed by atoms with Gasteiger partial charge in [0.25, 0.3) is 5.91 Å². The van der Waals surface area contributed by atoms with Gasteiger partial charge in [0, 0.05) is 21.8 Å². The van der Waals surface area contributed by atoms with Gasteiger partial charge >= 0.3 is 0 Å². The van der Waals surface area contributed by atoms with Crippen LogP contribution in [0.4, 0.5) is 11.4 Å². The van der Waals surface area contributed by atoms with Crippen LogP contribution in [0.1, 0.15) is 21.7 Å². The number of hydrogen-bond acceptors (Lipinski definition) is 3. The molecule has 4 rings (SSSR count). The Kier molecular flexibility index (Phi) is 5.55. The van der Waals surface area contributed by atoms with Gasteiger partial charge in [-0.05, 0) is 60.5 Å². The molecule has 2 N–H and O–H groups in total. The van der Waals surface area contributed by atoms with Crippen LogP contribution < -0.4 is 10.6 Å². The van der Waals surface area contributed by atoms with E-state index in [1.165, 1.54) is 0 Å². The molecule has 0 aliphatic rings. The number of furan rings is 1. The normalized spacial score (nSPS) is 10.7. The predicted molar refractivity (Wildman–Crippen MR) is 119 cm³/mol. The Bertz CT molecular complexity index is 1200. The molecule has 5 nitrogen and oxygen atoms in total. The molecule has 3 aromatic carbocycles. The molecule has 2 amide bonds. The number of benzene rings is 3. The van der Waals surface area contributed by atoms with Crippen molar-refractivity contribution < 1.29 is 14.0 Å². The fraction of sp³-hybridized carbons (Fsp3) is 0.0833. The summed E-state index contributed by atoms with van der Waals surface area (Å²) in [6.07, 6.45) is 0.251. The summed E-state index contributed by atoms with van der Waals surface area (Å²) < 4.78 is 5.60. The molecule has 4 aromatic rings. The highest BCUT2D eigenvalue weighted by Gasteiger charge is 2.14. The minimum Gasteiger partial charge on any atom is -0.451 e. The zero-order valence-electron chi connectivity index (χ0n) is 16.2. The maximum Gasteiger partial charge on any atom is 0.291 e. The monoisotopic (exact) mass is 418 g/mol. The number of nitrogens with one attached hydrogen (secondary N) is 2. The highest BCUT2D eigenvalue weighted by Crippen LogP contribution is 2.23. The third kappa shape index (κ3) is 4.53. The van der Waals surface area contributed by atoms with E-state index >= 15 is 0 Å². The Morgan fingerprint density at radius 1 is 0.933 bits per heavy atom. The van der Waals surface area contributed by atoms with Gasteiger partial charge in [-0.2, -0.15) is 0 Å². The van der Waals surface area contributed by atoms with E-state index in [4.69, 9.17) is 16.0 Å². The molecule has 1 aromatic heterocycles. The van der Waals surface area contributed by atoms with Crippen molar-refractivity contribution in [3.05, 3.63) is 94.7 Å². The van der Waals surface area contributed by atoms with Crippen molar-refractivity contribution in [1.29, 1.82) is 0 Å². The second kappa shape index (κ2) is 8.43. The molecule has 150 valence electrons. The van der Waals surface area contributed by atoms with E-state index in [2.05, 4.69) is 10.6 Å². The van der Waals surface area contributed by atoms with Gasteiger partial charge in [-0.3, -0.25) is 9.59 Å². The van der Waals surface area contributed by atoms with E-state index in [0.29, 0.717) is 22.0 Å². The summed E-state index contributed by atoms with van der Waals surface area (Å²) in [4.78, 5) is 24.8. The van der Waals surface area contributed by atoms with Gasteiger partial charge in [-0.25, -0.2) is 0 Å². The summed E-state index contributed by atoms with van der Waals surface area (Å²) in [7, 11) is 0. The SMILES string of the molecule is Cc1cc(NC(=O)Cc2ccc(Cl)cc2)ccc1NC(=O)c1cc2ccccc2o1. The van der Waals surface area contributed by atoms with Gasteiger partial charge in [-0.15, -0.1) is 0 Å². The highest BCUT2D eigenvalue weighted by atomic mass is 35.5. The minimum atomic E-state index is -0.325. The van der Waals surface area contributed by atoms with Crippen molar-refractivity contribution in [2.24, 2.45) is 0 Å². The predicted octanol–water partition coefficient (Wildman–Crippen LogP) is 5.83. The van der Waals surface area contributed by atoms with Crippen LogP contribution in [0.5, 0.6) is 0 Å². The molecule has 0 unspecified atom stereocenters. The van der Waals surface area contributed by atoms with Gasteiger partial charge in [0.2, 0.25) is 5.91 Å². The largest absolute Gasteiger partial charge is 0.451 e. The maximum absolute atomic E-state index is 12.5. The Morgan fingerprint density at radius 3 is 2.43 bits per heavy atom. The number of carbonyl (C=O) groups excluding carboxylic acids is 2. The minimum absolute atomic E-state index is 0.129. The first-order valence-corrected chi connectivity index (χ1v) is 9.80. The molecule has 0 radical (unpaired) electrons. The molecule has 30 heavy (non-hydrogen) atoms. The van der Waals surface area contributed by atoms with Gasteiger partial charge in [0.15, 0.2) is 5.76 Å². The first-order chi connectivity index (χ1) is 14.5. The zero-order chi connectivity index (χ0) is 21.1. The van der Waals surface area contributed by atoms with E-state index in [-0.39, 0.29) is 24.0 Å². The van der Waals surface area contributed by atoms with Crippen LogP contribution in [0.3, 0.4) is 0 Å². The zero-order valence-corrected chi connectivity index (χ0v) is 17.0. The Balaban J connectivity index is 1.41. The topological polar surface area (TPSA) is 71.3 Å². The molecule has 0 saturated heterocycles. The quantitative estimate of drug-likeness (QED) is 0.428. The third-order valence-corrected chi connectivity index (χ3v) is 4.94. The molecule has 0 saturated carbocycles. The third-order valence-electron chi connectivity index (χ3n) is 4.69. The number of halogens is 1. The summed E-state index contributed by atoms with van der Waals surface area (Å²) >= 11 is 5.87.